The molecular weight excluding hydrogens is 338 g/mol. The van der Waals surface area contributed by atoms with Crippen LogP contribution in [-0.4, -0.2) is 45.3 Å². The van der Waals surface area contributed by atoms with Gasteiger partial charge in [0.05, 0.1) is 31.6 Å². The van der Waals surface area contributed by atoms with E-state index in [1.165, 1.54) is 0 Å². The zero-order valence-electron chi connectivity index (χ0n) is 13.5. The number of hydrazone groups is 1. The van der Waals surface area contributed by atoms with Crippen LogP contribution in [0.5, 0.6) is 11.5 Å². The van der Waals surface area contributed by atoms with Crippen molar-refractivity contribution >= 4 is 35.1 Å². The highest BCUT2D eigenvalue weighted by atomic mass is 35.5. The Kier molecular flexibility index (Phi) is 9.35. The minimum atomic E-state index is 0.416. The smallest absolute Gasteiger partial charge is 0.187 e. The number of nitrogens with zero attached hydrogens (tertiary/aromatic N) is 1. The zero-order chi connectivity index (χ0) is 17.1. The van der Waals surface area contributed by atoms with Crippen molar-refractivity contribution in [2.75, 3.05) is 34.0 Å². The molecule has 0 bridgehead atoms. The second-order valence-corrected chi connectivity index (χ2v) is 5.32. The Morgan fingerprint density at radius 1 is 1.35 bits per heavy atom. The summed E-state index contributed by atoms with van der Waals surface area (Å²) in [7, 11) is 3.19. The monoisotopic (exact) mass is 359 g/mol. The maximum absolute atomic E-state index is 6.24. The summed E-state index contributed by atoms with van der Waals surface area (Å²) < 4.78 is 15.8. The topological polar surface area (TPSA) is 64.1 Å². The van der Waals surface area contributed by atoms with Crippen molar-refractivity contribution in [1.82, 2.24) is 10.7 Å². The van der Waals surface area contributed by atoms with Crippen molar-refractivity contribution in [2.24, 2.45) is 5.10 Å². The molecule has 0 aromatic heterocycles. The largest absolute Gasteiger partial charge is 0.493 e. The molecule has 128 valence electrons. The maximum atomic E-state index is 6.24. The van der Waals surface area contributed by atoms with Crippen molar-refractivity contribution < 1.29 is 14.2 Å². The van der Waals surface area contributed by atoms with Crippen LogP contribution < -0.4 is 20.2 Å². The molecule has 0 saturated carbocycles. The Morgan fingerprint density at radius 2 is 2.13 bits per heavy atom. The molecule has 1 aromatic rings. The van der Waals surface area contributed by atoms with E-state index in [0.717, 1.165) is 12.0 Å². The molecule has 2 N–H and O–H groups in total. The number of nitrogens with one attached hydrogen (secondary N) is 2. The van der Waals surface area contributed by atoms with Crippen LogP contribution in [0.15, 0.2) is 17.2 Å². The zero-order valence-corrected chi connectivity index (χ0v) is 15.1. The third kappa shape index (κ3) is 7.02. The Bertz CT molecular complexity index is 541. The van der Waals surface area contributed by atoms with Crippen LogP contribution in [0.4, 0.5) is 0 Å². The van der Waals surface area contributed by atoms with E-state index in [4.69, 9.17) is 38.0 Å². The predicted molar refractivity (Wildman–Crippen MR) is 97.0 cm³/mol. The van der Waals surface area contributed by atoms with Gasteiger partial charge in [-0.3, -0.25) is 5.43 Å². The molecular formula is C15H22ClN3O3S. The number of rotatable bonds is 9. The number of halogens is 1. The van der Waals surface area contributed by atoms with Crippen LogP contribution in [-0.2, 0) is 4.74 Å². The fraction of sp³-hybridized carbons (Fsp3) is 0.467. The molecule has 0 atom stereocenters. The van der Waals surface area contributed by atoms with Crippen molar-refractivity contribution in [3.05, 3.63) is 22.7 Å². The summed E-state index contributed by atoms with van der Waals surface area (Å²) in [6.45, 7) is 3.78. The lowest BCUT2D eigenvalue weighted by Crippen LogP contribution is -2.34. The molecule has 8 heteroatoms. The molecule has 0 spiro atoms. The second kappa shape index (κ2) is 11.0. The first-order valence-electron chi connectivity index (χ1n) is 7.18. The van der Waals surface area contributed by atoms with Gasteiger partial charge in [0.2, 0.25) is 0 Å². The molecule has 0 amide bonds. The number of thiocarbonyl (C=S) groups is 1. The standard InChI is InChI=1S/C15H22ClN3O3S/c1-4-6-22-14-12(16)8-11(9-13(14)21-3)10-18-19-15(23)17-5-7-20-2/h8-10H,4-7H2,1-3H3,(H2,17,19,23)/b18-10-. The molecule has 0 unspecified atom stereocenters. The Morgan fingerprint density at radius 3 is 2.78 bits per heavy atom. The van der Waals surface area contributed by atoms with Gasteiger partial charge in [-0.25, -0.2) is 0 Å². The van der Waals surface area contributed by atoms with Gasteiger partial charge in [-0.15, -0.1) is 0 Å². The quantitative estimate of drug-likeness (QED) is 0.306. The van der Waals surface area contributed by atoms with E-state index < -0.39 is 0 Å². The third-order valence-corrected chi connectivity index (χ3v) is 3.19. The minimum absolute atomic E-state index is 0.416. The lowest BCUT2D eigenvalue weighted by Gasteiger charge is -2.12. The van der Waals surface area contributed by atoms with Crippen molar-refractivity contribution in [3.8, 4) is 11.5 Å². The van der Waals surface area contributed by atoms with Crippen LogP contribution in [0.2, 0.25) is 5.02 Å². The summed E-state index contributed by atoms with van der Waals surface area (Å²) in [4.78, 5) is 0. The summed E-state index contributed by atoms with van der Waals surface area (Å²) in [6.07, 6.45) is 2.49. The maximum Gasteiger partial charge on any atom is 0.187 e. The van der Waals surface area contributed by atoms with E-state index in [2.05, 4.69) is 15.8 Å². The summed E-state index contributed by atoms with van der Waals surface area (Å²) in [5.41, 5.74) is 3.48. The molecule has 0 radical (unpaired) electrons. The van der Waals surface area contributed by atoms with Crippen LogP contribution in [0.1, 0.15) is 18.9 Å². The molecule has 0 aliphatic carbocycles. The molecule has 6 nitrogen and oxygen atoms in total. The van der Waals surface area contributed by atoms with E-state index in [9.17, 15) is 0 Å². The van der Waals surface area contributed by atoms with Gasteiger partial charge in [0, 0.05) is 13.7 Å². The number of hydrogen-bond donors (Lipinski definition) is 2. The summed E-state index contributed by atoms with van der Waals surface area (Å²) in [5.74, 6) is 1.10. The highest BCUT2D eigenvalue weighted by Crippen LogP contribution is 2.36. The average Bonchev–Trinajstić information content (AvgIpc) is 2.53. The predicted octanol–water partition coefficient (Wildman–Crippen LogP) is 2.58. The van der Waals surface area contributed by atoms with Gasteiger partial charge in [0.25, 0.3) is 0 Å². The van der Waals surface area contributed by atoms with Crippen molar-refractivity contribution in [1.29, 1.82) is 0 Å². The minimum Gasteiger partial charge on any atom is -0.493 e. The average molecular weight is 360 g/mol. The fourth-order valence-corrected chi connectivity index (χ4v) is 2.06. The molecule has 0 aliphatic heterocycles. The van der Waals surface area contributed by atoms with Crippen LogP contribution in [0.25, 0.3) is 0 Å². The van der Waals surface area contributed by atoms with E-state index in [1.807, 2.05) is 6.92 Å². The number of hydrogen-bond acceptors (Lipinski definition) is 5. The molecule has 0 heterocycles. The van der Waals surface area contributed by atoms with Crippen LogP contribution in [0, 0.1) is 0 Å². The lowest BCUT2D eigenvalue weighted by atomic mass is 10.2. The summed E-state index contributed by atoms with van der Waals surface area (Å²) >= 11 is 11.3. The highest BCUT2D eigenvalue weighted by molar-refractivity contribution is 7.80. The van der Waals surface area contributed by atoms with Gasteiger partial charge in [-0.2, -0.15) is 5.10 Å². The van der Waals surface area contributed by atoms with Gasteiger partial charge >= 0.3 is 0 Å². The van der Waals surface area contributed by atoms with Crippen molar-refractivity contribution in [3.63, 3.8) is 0 Å². The highest BCUT2D eigenvalue weighted by Gasteiger charge is 2.11. The normalized spacial score (nSPS) is 10.6. The third-order valence-electron chi connectivity index (χ3n) is 2.67. The van der Waals surface area contributed by atoms with Gasteiger partial charge in [-0.05, 0) is 36.3 Å². The van der Waals surface area contributed by atoms with Gasteiger partial charge in [-0.1, -0.05) is 18.5 Å². The van der Waals surface area contributed by atoms with E-state index >= 15 is 0 Å². The van der Waals surface area contributed by atoms with Crippen LogP contribution in [0.3, 0.4) is 0 Å². The van der Waals surface area contributed by atoms with E-state index in [1.54, 1.807) is 32.6 Å². The summed E-state index contributed by atoms with van der Waals surface area (Å²) in [6, 6.07) is 3.55. The molecule has 0 fully saturated rings. The van der Waals surface area contributed by atoms with E-state index in [-0.39, 0.29) is 0 Å². The fourth-order valence-electron chi connectivity index (χ4n) is 1.63. The molecule has 1 rings (SSSR count). The van der Waals surface area contributed by atoms with Crippen molar-refractivity contribution in [2.45, 2.75) is 13.3 Å². The first kappa shape index (κ1) is 19.5. The van der Waals surface area contributed by atoms with Gasteiger partial charge < -0.3 is 19.5 Å². The Hall–Kier alpha value is -1.57. The first-order valence-corrected chi connectivity index (χ1v) is 7.97. The molecule has 0 aliphatic rings. The van der Waals surface area contributed by atoms with Gasteiger partial charge in [0.15, 0.2) is 16.6 Å². The number of benzene rings is 1. The number of ether oxygens (including phenoxy) is 3. The molecule has 23 heavy (non-hydrogen) atoms. The van der Waals surface area contributed by atoms with Gasteiger partial charge in [0.1, 0.15) is 0 Å². The van der Waals surface area contributed by atoms with Crippen LogP contribution >= 0.6 is 23.8 Å². The number of methoxy groups -OCH3 is 2. The first-order chi connectivity index (χ1) is 11.1. The Balaban J connectivity index is 2.68. The molecule has 0 saturated heterocycles. The van der Waals surface area contributed by atoms with E-state index in [0.29, 0.717) is 41.4 Å². The Labute approximate surface area is 147 Å². The lowest BCUT2D eigenvalue weighted by molar-refractivity contribution is 0.204. The summed E-state index contributed by atoms with van der Waals surface area (Å²) in [5, 5.41) is 7.89. The SMILES string of the molecule is CCCOc1c(Cl)cc(/C=N\NC(=S)NCCOC)cc1OC. The molecule has 1 aromatic carbocycles. The second-order valence-electron chi connectivity index (χ2n) is 4.50.